The summed E-state index contributed by atoms with van der Waals surface area (Å²) in [6.07, 6.45) is 0.771. The molecule has 0 saturated heterocycles. The fourth-order valence-electron chi connectivity index (χ4n) is 3.98. The quantitative estimate of drug-likeness (QED) is 0.396. The second-order valence-electron chi connectivity index (χ2n) is 7.03. The summed E-state index contributed by atoms with van der Waals surface area (Å²) in [5.74, 6) is 0.823. The lowest BCUT2D eigenvalue weighted by Crippen LogP contribution is -2.28. The van der Waals surface area contributed by atoms with Crippen LogP contribution in [-0.4, -0.2) is 46.7 Å². The van der Waals surface area contributed by atoms with Gasteiger partial charge in [0.05, 0.1) is 21.9 Å². The number of carbonyl (C=O) groups excluding carboxylic acids is 1. The summed E-state index contributed by atoms with van der Waals surface area (Å²) in [4.78, 5) is 31.6. The van der Waals surface area contributed by atoms with Crippen LogP contribution in [0.3, 0.4) is 0 Å². The highest BCUT2D eigenvalue weighted by molar-refractivity contribution is 6.07. The van der Waals surface area contributed by atoms with Gasteiger partial charge in [-0.15, -0.1) is 0 Å². The number of imidazole rings is 1. The van der Waals surface area contributed by atoms with Gasteiger partial charge in [-0.05, 0) is 50.3 Å². The molecule has 0 amide bonds. The number of anilines is 1. The molecule has 4 rings (SSSR count). The first-order valence-electron chi connectivity index (χ1n) is 9.71. The second kappa shape index (κ2) is 7.20. The zero-order valence-electron chi connectivity index (χ0n) is 16.5. The van der Waals surface area contributed by atoms with E-state index in [1.165, 1.54) is 0 Å². The maximum absolute atomic E-state index is 13.4. The van der Waals surface area contributed by atoms with Crippen molar-refractivity contribution in [2.75, 3.05) is 31.5 Å². The van der Waals surface area contributed by atoms with Crippen molar-refractivity contribution in [3.63, 3.8) is 0 Å². The molecule has 6 nitrogen and oxygen atoms in total. The van der Waals surface area contributed by atoms with E-state index in [9.17, 15) is 9.59 Å². The van der Waals surface area contributed by atoms with E-state index in [1.807, 2.05) is 29.5 Å². The standard InChI is InChI=1S/C22H24N4O2/c1-4-25(5-2)11-10-23-17-7-8-18-21-20(17)22(28)16-12-15(13-27)6-9-19(16)26(21)14(3)24-18/h6-9,12-13,23H,4-5,10-11H2,1-3H3. The molecule has 0 aliphatic rings. The average molecular weight is 376 g/mol. The molecule has 0 radical (unpaired) electrons. The Morgan fingerprint density at radius 2 is 1.96 bits per heavy atom. The van der Waals surface area contributed by atoms with Crippen molar-refractivity contribution in [3.8, 4) is 0 Å². The number of fused-ring (bicyclic) bond motifs is 2. The number of likely N-dealkylation sites (N-methyl/N-ethyl adjacent to an activating group) is 1. The van der Waals surface area contributed by atoms with E-state index in [4.69, 9.17) is 0 Å². The third-order valence-electron chi connectivity index (χ3n) is 5.49. The summed E-state index contributed by atoms with van der Waals surface area (Å²) >= 11 is 0. The Balaban J connectivity index is 1.93. The monoisotopic (exact) mass is 376 g/mol. The molecule has 1 N–H and O–H groups in total. The van der Waals surface area contributed by atoms with Crippen LogP contribution >= 0.6 is 0 Å². The summed E-state index contributed by atoms with van der Waals surface area (Å²) in [6.45, 7) is 9.88. The zero-order valence-corrected chi connectivity index (χ0v) is 16.5. The number of rotatable bonds is 7. The molecule has 4 aromatic rings. The van der Waals surface area contributed by atoms with Crippen LogP contribution in [0.25, 0.3) is 27.3 Å². The van der Waals surface area contributed by atoms with Crippen molar-refractivity contribution >= 4 is 39.3 Å². The minimum Gasteiger partial charge on any atom is -0.383 e. The molecule has 2 aromatic heterocycles. The highest BCUT2D eigenvalue weighted by atomic mass is 16.1. The first kappa shape index (κ1) is 18.4. The van der Waals surface area contributed by atoms with Crippen LogP contribution in [0, 0.1) is 6.92 Å². The van der Waals surface area contributed by atoms with E-state index >= 15 is 0 Å². The fourth-order valence-corrected chi connectivity index (χ4v) is 3.98. The highest BCUT2D eigenvalue weighted by Gasteiger charge is 2.18. The second-order valence-corrected chi connectivity index (χ2v) is 7.03. The largest absolute Gasteiger partial charge is 0.383 e. The summed E-state index contributed by atoms with van der Waals surface area (Å²) < 4.78 is 2.02. The van der Waals surface area contributed by atoms with Crippen molar-refractivity contribution in [2.24, 2.45) is 0 Å². The summed E-state index contributed by atoms with van der Waals surface area (Å²) in [5, 5.41) is 4.61. The molecule has 0 aliphatic heterocycles. The zero-order chi connectivity index (χ0) is 19.8. The smallest absolute Gasteiger partial charge is 0.199 e. The van der Waals surface area contributed by atoms with Gasteiger partial charge >= 0.3 is 0 Å². The van der Waals surface area contributed by atoms with E-state index in [0.29, 0.717) is 16.3 Å². The normalized spacial score (nSPS) is 11.9. The molecule has 2 heterocycles. The van der Waals surface area contributed by atoms with Crippen LogP contribution < -0.4 is 10.7 Å². The number of hydrogen-bond acceptors (Lipinski definition) is 5. The predicted molar refractivity (Wildman–Crippen MR) is 114 cm³/mol. The first-order chi connectivity index (χ1) is 13.6. The molecule has 0 aliphatic carbocycles. The summed E-state index contributed by atoms with van der Waals surface area (Å²) in [6, 6.07) is 9.13. The van der Waals surface area contributed by atoms with Crippen molar-refractivity contribution in [3.05, 3.63) is 51.9 Å². The van der Waals surface area contributed by atoms with E-state index in [1.54, 1.807) is 12.1 Å². The lowest BCUT2D eigenvalue weighted by Gasteiger charge is -2.19. The predicted octanol–water partition coefficient (Wildman–Crippen LogP) is 3.31. The third-order valence-corrected chi connectivity index (χ3v) is 5.49. The van der Waals surface area contributed by atoms with Crippen LogP contribution in [-0.2, 0) is 0 Å². The molecule has 0 unspecified atom stereocenters. The van der Waals surface area contributed by atoms with Crippen LogP contribution in [0.2, 0.25) is 0 Å². The van der Waals surface area contributed by atoms with Crippen molar-refractivity contribution in [1.82, 2.24) is 14.3 Å². The number of nitrogens with one attached hydrogen (secondary N) is 1. The number of carbonyl (C=O) groups is 1. The molecule has 0 atom stereocenters. The van der Waals surface area contributed by atoms with Gasteiger partial charge in [0.15, 0.2) is 5.43 Å². The maximum atomic E-state index is 13.4. The summed E-state index contributed by atoms with van der Waals surface area (Å²) in [7, 11) is 0. The number of aldehydes is 1. The van der Waals surface area contributed by atoms with Crippen LogP contribution in [0.15, 0.2) is 35.1 Å². The van der Waals surface area contributed by atoms with Crippen molar-refractivity contribution in [1.29, 1.82) is 0 Å². The molecule has 0 bridgehead atoms. The van der Waals surface area contributed by atoms with Gasteiger partial charge in [0.25, 0.3) is 0 Å². The Hall–Kier alpha value is -2.99. The van der Waals surface area contributed by atoms with Crippen LogP contribution in [0.1, 0.15) is 30.0 Å². The molecule has 2 aromatic carbocycles. The molecule has 6 heteroatoms. The Morgan fingerprint density at radius 1 is 1.18 bits per heavy atom. The van der Waals surface area contributed by atoms with Gasteiger partial charge in [-0.25, -0.2) is 4.98 Å². The Morgan fingerprint density at radius 3 is 2.68 bits per heavy atom. The van der Waals surface area contributed by atoms with E-state index in [2.05, 4.69) is 29.0 Å². The lowest BCUT2D eigenvalue weighted by molar-refractivity contribution is 0.112. The molecular formula is C22H24N4O2. The van der Waals surface area contributed by atoms with Gasteiger partial charge < -0.3 is 10.2 Å². The SMILES string of the molecule is CCN(CC)CCNc1ccc2nc(C)n3c4ccc(C=O)cc4c(=O)c1c23. The van der Waals surface area contributed by atoms with Crippen molar-refractivity contribution < 1.29 is 4.79 Å². The number of aryl methyl sites for hydroxylation is 1. The fraction of sp³-hybridized carbons (Fsp3) is 0.318. The van der Waals surface area contributed by atoms with E-state index in [0.717, 1.165) is 60.5 Å². The van der Waals surface area contributed by atoms with Gasteiger partial charge in [0.1, 0.15) is 12.1 Å². The Bertz CT molecular complexity index is 1220. The topological polar surface area (TPSA) is 66.7 Å². The van der Waals surface area contributed by atoms with Gasteiger partial charge in [-0.3, -0.25) is 14.0 Å². The highest BCUT2D eigenvalue weighted by Crippen LogP contribution is 2.30. The Labute approximate surface area is 163 Å². The van der Waals surface area contributed by atoms with Gasteiger partial charge in [-0.1, -0.05) is 13.8 Å². The number of benzene rings is 2. The number of nitrogens with zero attached hydrogens (tertiary/aromatic N) is 3. The van der Waals surface area contributed by atoms with Crippen LogP contribution in [0.4, 0.5) is 5.69 Å². The van der Waals surface area contributed by atoms with Gasteiger partial charge in [0.2, 0.25) is 0 Å². The molecular weight excluding hydrogens is 352 g/mol. The molecule has 0 saturated carbocycles. The summed E-state index contributed by atoms with van der Waals surface area (Å²) in [5.41, 5.74) is 3.66. The van der Waals surface area contributed by atoms with Crippen LogP contribution in [0.5, 0.6) is 0 Å². The van der Waals surface area contributed by atoms with Crippen molar-refractivity contribution in [2.45, 2.75) is 20.8 Å². The first-order valence-corrected chi connectivity index (χ1v) is 9.71. The number of pyridine rings is 1. The minimum atomic E-state index is -0.0676. The number of hydrogen-bond donors (Lipinski definition) is 1. The molecule has 144 valence electrons. The van der Waals surface area contributed by atoms with E-state index in [-0.39, 0.29) is 5.43 Å². The minimum absolute atomic E-state index is 0.0676. The average Bonchev–Trinajstić information content (AvgIpc) is 3.05. The molecule has 28 heavy (non-hydrogen) atoms. The molecule has 0 spiro atoms. The molecule has 0 fully saturated rings. The third kappa shape index (κ3) is 2.81. The number of aromatic nitrogens is 2. The Kier molecular flexibility index (Phi) is 4.73. The van der Waals surface area contributed by atoms with Gasteiger partial charge in [-0.2, -0.15) is 0 Å². The van der Waals surface area contributed by atoms with E-state index < -0.39 is 0 Å². The maximum Gasteiger partial charge on any atom is 0.199 e. The lowest BCUT2D eigenvalue weighted by atomic mass is 10.1. The van der Waals surface area contributed by atoms with Gasteiger partial charge in [0, 0.05) is 29.7 Å².